The molecule has 0 bridgehead atoms. The molecule has 0 aliphatic carbocycles. The second-order valence-electron chi connectivity index (χ2n) is 8.49. The lowest BCUT2D eigenvalue weighted by Crippen LogP contribution is -2.52. The number of rotatable bonds is 2. The number of pyridine rings is 1. The van der Waals surface area contributed by atoms with Crippen molar-refractivity contribution in [2.45, 2.75) is 33.0 Å². The number of aryl methyl sites for hydroxylation is 1. The van der Waals surface area contributed by atoms with E-state index in [9.17, 15) is 13.2 Å². The Morgan fingerprint density at radius 2 is 1.71 bits per heavy atom. The van der Waals surface area contributed by atoms with Gasteiger partial charge in [-0.25, -0.2) is 4.98 Å². The van der Waals surface area contributed by atoms with Crippen LogP contribution in [0.25, 0.3) is 10.9 Å². The number of nitrogens with zero attached hydrogens (tertiary/aromatic N) is 5. The van der Waals surface area contributed by atoms with Crippen LogP contribution in [0.5, 0.6) is 0 Å². The summed E-state index contributed by atoms with van der Waals surface area (Å²) in [5.41, 5.74) is 3.78. The van der Waals surface area contributed by atoms with Crippen molar-refractivity contribution in [1.82, 2.24) is 19.9 Å². The van der Waals surface area contributed by atoms with Crippen molar-refractivity contribution in [3.05, 3.63) is 77.1 Å². The Morgan fingerprint density at radius 1 is 1.03 bits per heavy atom. The topological polar surface area (TPSA) is 60.9 Å². The van der Waals surface area contributed by atoms with E-state index in [0.717, 1.165) is 52.5 Å². The smallest absolute Gasteiger partial charge is 0.367 e. The van der Waals surface area contributed by atoms with Gasteiger partial charge in [-0.05, 0) is 50.1 Å². The first-order valence-corrected chi connectivity index (χ1v) is 11.6. The molecule has 1 fully saturated rings. The van der Waals surface area contributed by atoms with Crippen molar-refractivity contribution in [3.8, 4) is 0 Å². The van der Waals surface area contributed by atoms with Crippen LogP contribution in [0.3, 0.4) is 0 Å². The number of hydrogen-bond donors (Lipinski definition) is 1. The normalized spacial score (nSPS) is 16.3. The lowest BCUT2D eigenvalue weighted by atomic mass is 10.0. The van der Waals surface area contributed by atoms with Crippen LogP contribution in [0.4, 0.5) is 24.7 Å². The van der Waals surface area contributed by atoms with Gasteiger partial charge < -0.3 is 14.8 Å². The monoisotopic (exact) mass is 502 g/mol. The van der Waals surface area contributed by atoms with Crippen molar-refractivity contribution in [1.29, 1.82) is 0 Å². The Balaban J connectivity index is 0.000000421. The van der Waals surface area contributed by atoms with Crippen LogP contribution >= 0.6 is 11.6 Å². The van der Waals surface area contributed by atoms with Crippen LogP contribution < -0.4 is 9.80 Å². The zero-order chi connectivity index (χ0) is 25.2. The van der Waals surface area contributed by atoms with E-state index in [1.807, 2.05) is 0 Å². The van der Waals surface area contributed by atoms with Crippen LogP contribution in [-0.4, -0.2) is 45.6 Å². The van der Waals surface area contributed by atoms with Gasteiger partial charge in [-0.3, -0.25) is 9.97 Å². The molecule has 35 heavy (non-hydrogen) atoms. The number of halogens is 4. The maximum atomic E-state index is 12.8. The molecule has 5 rings (SSSR count). The minimum atomic E-state index is -4.37. The number of fused-ring (bicyclic) bond motifs is 1. The molecule has 6 nitrogen and oxygen atoms in total. The van der Waals surface area contributed by atoms with Gasteiger partial charge in [-0.15, -0.1) is 0 Å². The zero-order valence-electron chi connectivity index (χ0n) is 19.6. The van der Waals surface area contributed by atoms with Crippen LogP contribution in [-0.2, 0) is 6.18 Å². The van der Waals surface area contributed by atoms with Gasteiger partial charge in [-0.2, -0.15) is 13.2 Å². The molecule has 1 aliphatic rings. The molecule has 1 aromatic carbocycles. The molecule has 0 radical (unpaired) electrons. The van der Waals surface area contributed by atoms with Crippen LogP contribution in [0.2, 0.25) is 5.02 Å². The van der Waals surface area contributed by atoms with E-state index >= 15 is 0 Å². The number of benzene rings is 1. The quantitative estimate of drug-likeness (QED) is 0.362. The Kier molecular flexibility index (Phi) is 7.16. The Labute approximate surface area is 206 Å². The molecule has 0 saturated carbocycles. The van der Waals surface area contributed by atoms with E-state index in [4.69, 9.17) is 11.6 Å². The summed E-state index contributed by atoms with van der Waals surface area (Å²) in [4.78, 5) is 19.1. The summed E-state index contributed by atoms with van der Waals surface area (Å²) in [6.45, 7) is 8.43. The summed E-state index contributed by atoms with van der Waals surface area (Å²) in [6, 6.07) is 4.79. The molecule has 4 heterocycles. The molecule has 3 aromatic heterocycles. The van der Waals surface area contributed by atoms with E-state index in [0.29, 0.717) is 12.4 Å². The first-order chi connectivity index (χ1) is 16.7. The molecule has 4 aromatic rings. The van der Waals surface area contributed by atoms with Gasteiger partial charge in [-0.1, -0.05) is 11.6 Å². The Bertz CT molecular complexity index is 1250. The molecule has 1 saturated heterocycles. The third-order valence-electron chi connectivity index (χ3n) is 6.28. The largest absolute Gasteiger partial charge is 0.417 e. The van der Waals surface area contributed by atoms with Gasteiger partial charge in [0.25, 0.3) is 0 Å². The number of piperazine rings is 1. The van der Waals surface area contributed by atoms with E-state index in [2.05, 4.69) is 56.6 Å². The maximum absolute atomic E-state index is 12.8. The van der Waals surface area contributed by atoms with E-state index < -0.39 is 11.7 Å². The summed E-state index contributed by atoms with van der Waals surface area (Å²) in [5, 5.41) is 1.77. The minimum absolute atomic E-state index is 0.107. The van der Waals surface area contributed by atoms with Crippen molar-refractivity contribution < 1.29 is 13.2 Å². The number of aromatic nitrogens is 4. The summed E-state index contributed by atoms with van der Waals surface area (Å²) < 4.78 is 38.4. The third kappa shape index (κ3) is 5.35. The fourth-order valence-corrected chi connectivity index (χ4v) is 4.65. The number of nitrogens with one attached hydrogen (secondary N) is 1. The van der Waals surface area contributed by atoms with Gasteiger partial charge in [0.05, 0.1) is 10.6 Å². The molecule has 0 spiro atoms. The third-order valence-corrected chi connectivity index (χ3v) is 6.58. The molecule has 0 unspecified atom stereocenters. The highest BCUT2D eigenvalue weighted by atomic mass is 35.5. The zero-order valence-corrected chi connectivity index (χ0v) is 20.4. The second kappa shape index (κ2) is 10.1. The van der Waals surface area contributed by atoms with Gasteiger partial charge in [0, 0.05) is 79.4 Å². The fraction of sp³-hybridized carbons (Fsp3) is 0.320. The summed E-state index contributed by atoms with van der Waals surface area (Å²) in [6.07, 6.45) is 4.90. The molecule has 1 N–H and O–H groups in total. The van der Waals surface area contributed by atoms with Gasteiger partial charge in [0.2, 0.25) is 0 Å². The van der Waals surface area contributed by atoms with E-state index in [1.54, 1.807) is 31.0 Å². The number of anilines is 2. The van der Waals surface area contributed by atoms with Crippen LogP contribution in [0.1, 0.15) is 23.6 Å². The van der Waals surface area contributed by atoms with Crippen molar-refractivity contribution >= 4 is 34.0 Å². The molecular formula is C25H26ClF3N6. The minimum Gasteiger partial charge on any atom is -0.367 e. The fourth-order valence-electron chi connectivity index (χ4n) is 4.36. The molecular weight excluding hydrogens is 477 g/mol. The Morgan fingerprint density at radius 3 is 2.26 bits per heavy atom. The lowest BCUT2D eigenvalue weighted by molar-refractivity contribution is -0.137. The summed E-state index contributed by atoms with van der Waals surface area (Å²) >= 11 is 6.31. The summed E-state index contributed by atoms with van der Waals surface area (Å²) in [5.74, 6) is 0.574. The van der Waals surface area contributed by atoms with Gasteiger partial charge in [0.1, 0.15) is 5.82 Å². The van der Waals surface area contributed by atoms with E-state index in [-0.39, 0.29) is 6.04 Å². The SMILES string of the molecule is Cc1c(N2CCN(c3ccc(C(F)(F)F)cn3)[C@H](C)C2)cc2[nH]cc(Cl)c2c1C.c1cnccn1. The average molecular weight is 503 g/mol. The average Bonchev–Trinajstić information content (AvgIpc) is 3.23. The first-order valence-electron chi connectivity index (χ1n) is 11.2. The highest BCUT2D eigenvalue weighted by Crippen LogP contribution is 2.36. The number of hydrogen-bond acceptors (Lipinski definition) is 5. The summed E-state index contributed by atoms with van der Waals surface area (Å²) in [7, 11) is 0. The molecule has 0 amide bonds. The highest BCUT2D eigenvalue weighted by molar-refractivity contribution is 6.36. The molecule has 10 heteroatoms. The van der Waals surface area contributed by atoms with Gasteiger partial charge in [0.15, 0.2) is 0 Å². The molecule has 184 valence electrons. The van der Waals surface area contributed by atoms with Crippen LogP contribution in [0, 0.1) is 13.8 Å². The lowest BCUT2D eigenvalue weighted by Gasteiger charge is -2.42. The predicted molar refractivity (Wildman–Crippen MR) is 133 cm³/mol. The number of alkyl halides is 3. The van der Waals surface area contributed by atoms with Gasteiger partial charge >= 0.3 is 6.18 Å². The number of aromatic amines is 1. The second-order valence-corrected chi connectivity index (χ2v) is 8.90. The van der Waals surface area contributed by atoms with Crippen molar-refractivity contribution in [2.75, 3.05) is 29.4 Å². The predicted octanol–water partition coefficient (Wildman–Crippen LogP) is 6.04. The first kappa shape index (κ1) is 24.8. The van der Waals surface area contributed by atoms with Crippen molar-refractivity contribution in [2.24, 2.45) is 0 Å². The molecule has 1 aliphatic heterocycles. The standard InChI is InChI=1S/C21H22ClF3N4.C4H4N2/c1-12-11-28(18-8-17-20(14(3)13(18)2)16(22)10-26-17)6-7-29(12)19-5-4-15(9-27-19)21(23,24)25;1-2-6-4-3-5-1/h4-5,8-10,12,26H,6-7,11H2,1-3H3;1-4H/t12-;/m1./s1. The maximum Gasteiger partial charge on any atom is 0.417 e. The van der Waals surface area contributed by atoms with Crippen molar-refractivity contribution in [3.63, 3.8) is 0 Å². The van der Waals surface area contributed by atoms with Crippen LogP contribution in [0.15, 0.2) is 55.4 Å². The number of H-pyrrole nitrogens is 1. The Hall–Kier alpha value is -3.33. The molecule has 1 atom stereocenters. The van der Waals surface area contributed by atoms with E-state index in [1.165, 1.54) is 11.6 Å². The highest BCUT2D eigenvalue weighted by Gasteiger charge is 2.32.